The maximum Gasteiger partial charge on any atom is 0.310 e. The maximum atomic E-state index is 11.7. The molecule has 1 aromatic carbocycles. The van der Waals surface area contributed by atoms with Crippen LogP contribution in [0.5, 0.6) is 0 Å². The molecular weight excluding hydrogens is 262 g/mol. The molecule has 3 nitrogen and oxygen atoms in total. The zero-order valence-electron chi connectivity index (χ0n) is 13.2. The molecule has 0 bridgehead atoms. The minimum Gasteiger partial charge on any atom is -0.481 e. The number of carbonyl (C=O) groups is 1. The normalized spacial score (nSPS) is 24.1. The average molecular weight is 289 g/mol. The molecule has 1 aromatic rings. The summed E-state index contributed by atoms with van der Waals surface area (Å²) in [6.45, 7) is 5.90. The lowest BCUT2D eigenvalue weighted by Crippen LogP contribution is -2.39. The Kier molecular flexibility index (Phi) is 5.40. The Morgan fingerprint density at radius 1 is 1.33 bits per heavy atom. The van der Waals surface area contributed by atoms with E-state index in [9.17, 15) is 9.90 Å². The van der Waals surface area contributed by atoms with Crippen molar-refractivity contribution in [1.29, 1.82) is 0 Å². The highest BCUT2D eigenvalue weighted by atomic mass is 16.4. The van der Waals surface area contributed by atoms with Gasteiger partial charge < -0.3 is 5.11 Å². The molecule has 21 heavy (non-hydrogen) atoms. The van der Waals surface area contributed by atoms with Gasteiger partial charge in [-0.3, -0.25) is 9.69 Å². The second kappa shape index (κ2) is 7.08. The summed E-state index contributed by atoms with van der Waals surface area (Å²) >= 11 is 0. The summed E-state index contributed by atoms with van der Waals surface area (Å²) in [4.78, 5) is 14.1. The van der Waals surface area contributed by atoms with E-state index >= 15 is 0 Å². The van der Waals surface area contributed by atoms with E-state index in [1.165, 1.54) is 5.56 Å². The highest BCUT2D eigenvalue weighted by Crippen LogP contribution is 2.37. The fourth-order valence-electron chi connectivity index (χ4n) is 3.60. The van der Waals surface area contributed by atoms with Crippen LogP contribution in [0.4, 0.5) is 0 Å². The van der Waals surface area contributed by atoms with Gasteiger partial charge in [-0.25, -0.2) is 0 Å². The van der Waals surface area contributed by atoms with Gasteiger partial charge in [0.2, 0.25) is 0 Å². The van der Waals surface area contributed by atoms with Crippen LogP contribution in [0.15, 0.2) is 30.3 Å². The Bertz CT molecular complexity index is 460. The molecule has 1 heterocycles. The molecule has 0 saturated carbocycles. The number of likely N-dealkylation sites (tertiary alicyclic amines) is 1. The number of hydrogen-bond acceptors (Lipinski definition) is 2. The monoisotopic (exact) mass is 289 g/mol. The average Bonchev–Trinajstić information content (AvgIpc) is 2.92. The van der Waals surface area contributed by atoms with Gasteiger partial charge in [0, 0.05) is 12.6 Å². The summed E-state index contributed by atoms with van der Waals surface area (Å²) in [5.41, 5.74) is 0.825. The molecule has 1 aliphatic heterocycles. The molecule has 1 aliphatic rings. The van der Waals surface area contributed by atoms with Gasteiger partial charge in [0.25, 0.3) is 0 Å². The Morgan fingerprint density at radius 3 is 2.62 bits per heavy atom. The number of carboxylic acids is 1. The molecule has 116 valence electrons. The molecule has 2 unspecified atom stereocenters. The number of carboxylic acid groups (broad SMARTS) is 1. The third kappa shape index (κ3) is 3.65. The Hall–Kier alpha value is -1.35. The van der Waals surface area contributed by atoms with E-state index in [2.05, 4.69) is 43.0 Å². The van der Waals surface area contributed by atoms with Crippen molar-refractivity contribution >= 4 is 5.97 Å². The van der Waals surface area contributed by atoms with Crippen LogP contribution in [0, 0.1) is 5.41 Å². The molecule has 0 spiro atoms. The first-order chi connectivity index (χ1) is 10.1. The number of aliphatic carboxylic acids is 1. The summed E-state index contributed by atoms with van der Waals surface area (Å²) in [7, 11) is 0. The highest BCUT2D eigenvalue weighted by Gasteiger charge is 2.45. The molecule has 1 saturated heterocycles. The van der Waals surface area contributed by atoms with Crippen LogP contribution < -0.4 is 0 Å². The van der Waals surface area contributed by atoms with Crippen LogP contribution in [0.2, 0.25) is 0 Å². The quantitative estimate of drug-likeness (QED) is 0.834. The molecule has 0 aliphatic carbocycles. The second-order valence-electron chi connectivity index (χ2n) is 6.31. The van der Waals surface area contributed by atoms with E-state index in [0.717, 1.165) is 38.6 Å². The standard InChI is InChI=1S/C18H27NO2/c1-3-10-18(17(20)21)11-12-19(14-18)16(4-2)13-15-8-6-5-7-9-15/h5-9,16H,3-4,10-14H2,1-2H3,(H,20,21). The first-order valence-electron chi connectivity index (χ1n) is 8.12. The zero-order valence-corrected chi connectivity index (χ0v) is 13.2. The summed E-state index contributed by atoms with van der Waals surface area (Å²) in [5.74, 6) is -0.610. The van der Waals surface area contributed by atoms with Crippen LogP contribution in [0.3, 0.4) is 0 Å². The first kappa shape index (κ1) is 16.0. The van der Waals surface area contributed by atoms with Gasteiger partial charge in [-0.15, -0.1) is 0 Å². The van der Waals surface area contributed by atoms with Crippen molar-refractivity contribution in [3.63, 3.8) is 0 Å². The zero-order chi connectivity index (χ0) is 15.3. The second-order valence-corrected chi connectivity index (χ2v) is 6.31. The van der Waals surface area contributed by atoms with Gasteiger partial charge in [-0.05, 0) is 37.8 Å². The number of nitrogens with zero attached hydrogens (tertiary/aromatic N) is 1. The van der Waals surface area contributed by atoms with E-state index in [4.69, 9.17) is 0 Å². The van der Waals surface area contributed by atoms with Gasteiger partial charge in [0.1, 0.15) is 0 Å². The van der Waals surface area contributed by atoms with Crippen LogP contribution in [-0.2, 0) is 11.2 Å². The minimum absolute atomic E-state index is 0.450. The molecular formula is C18H27NO2. The molecule has 2 rings (SSSR count). The van der Waals surface area contributed by atoms with E-state index in [0.29, 0.717) is 12.6 Å². The fraction of sp³-hybridized carbons (Fsp3) is 0.611. The summed E-state index contributed by atoms with van der Waals surface area (Å²) in [6, 6.07) is 11.0. The van der Waals surface area contributed by atoms with Gasteiger partial charge in [-0.1, -0.05) is 50.6 Å². The van der Waals surface area contributed by atoms with Crippen LogP contribution in [0.25, 0.3) is 0 Å². The molecule has 3 heteroatoms. The topological polar surface area (TPSA) is 40.5 Å². The number of hydrogen-bond donors (Lipinski definition) is 1. The molecule has 0 radical (unpaired) electrons. The maximum absolute atomic E-state index is 11.7. The predicted octanol–water partition coefficient (Wildman–Crippen LogP) is 3.58. The van der Waals surface area contributed by atoms with Crippen molar-refractivity contribution in [2.45, 2.75) is 52.0 Å². The van der Waals surface area contributed by atoms with Crippen molar-refractivity contribution in [2.75, 3.05) is 13.1 Å². The van der Waals surface area contributed by atoms with Crippen molar-refractivity contribution in [3.05, 3.63) is 35.9 Å². The summed E-state index contributed by atoms with van der Waals surface area (Å²) < 4.78 is 0. The Morgan fingerprint density at radius 2 is 2.05 bits per heavy atom. The summed E-state index contributed by atoms with van der Waals surface area (Å²) in [5, 5.41) is 9.63. The van der Waals surface area contributed by atoms with E-state index in [1.54, 1.807) is 0 Å². The summed E-state index contributed by atoms with van der Waals surface area (Å²) in [6.07, 6.45) is 4.60. The van der Waals surface area contributed by atoms with Gasteiger partial charge in [0.05, 0.1) is 5.41 Å². The third-order valence-electron chi connectivity index (χ3n) is 4.87. The van der Waals surface area contributed by atoms with Crippen molar-refractivity contribution in [2.24, 2.45) is 5.41 Å². The molecule has 1 fully saturated rings. The van der Waals surface area contributed by atoms with E-state index < -0.39 is 11.4 Å². The van der Waals surface area contributed by atoms with Crippen molar-refractivity contribution in [3.8, 4) is 0 Å². The first-order valence-corrected chi connectivity index (χ1v) is 8.12. The van der Waals surface area contributed by atoms with E-state index in [1.807, 2.05) is 6.07 Å². The lowest BCUT2D eigenvalue weighted by Gasteiger charge is -2.29. The molecule has 0 aromatic heterocycles. The van der Waals surface area contributed by atoms with Gasteiger partial charge in [0.15, 0.2) is 0 Å². The largest absolute Gasteiger partial charge is 0.481 e. The number of rotatable bonds is 7. The highest BCUT2D eigenvalue weighted by molar-refractivity contribution is 5.75. The number of benzene rings is 1. The van der Waals surface area contributed by atoms with Crippen molar-refractivity contribution in [1.82, 2.24) is 4.90 Å². The SMILES string of the molecule is CCCC1(C(=O)O)CCN(C(CC)Cc2ccccc2)C1. The van der Waals surface area contributed by atoms with Crippen LogP contribution in [0.1, 0.15) is 45.1 Å². The van der Waals surface area contributed by atoms with Gasteiger partial charge in [-0.2, -0.15) is 0 Å². The molecule has 2 atom stereocenters. The Labute approximate surface area is 128 Å². The Balaban J connectivity index is 2.05. The van der Waals surface area contributed by atoms with Gasteiger partial charge >= 0.3 is 5.97 Å². The van der Waals surface area contributed by atoms with E-state index in [-0.39, 0.29) is 0 Å². The lowest BCUT2D eigenvalue weighted by molar-refractivity contribution is -0.148. The van der Waals surface area contributed by atoms with Crippen LogP contribution in [-0.4, -0.2) is 35.1 Å². The predicted molar refractivity (Wildman–Crippen MR) is 85.4 cm³/mol. The molecule has 0 amide bonds. The third-order valence-corrected chi connectivity index (χ3v) is 4.87. The lowest BCUT2D eigenvalue weighted by atomic mass is 9.82. The fourth-order valence-corrected chi connectivity index (χ4v) is 3.60. The van der Waals surface area contributed by atoms with Crippen molar-refractivity contribution < 1.29 is 9.90 Å². The molecule has 1 N–H and O–H groups in total. The minimum atomic E-state index is -0.610. The van der Waals surface area contributed by atoms with Crippen LogP contribution >= 0.6 is 0 Å². The smallest absolute Gasteiger partial charge is 0.310 e.